The zero-order valence-corrected chi connectivity index (χ0v) is 14.1. The van der Waals surface area contributed by atoms with Crippen LogP contribution < -0.4 is 10.1 Å². The second kappa shape index (κ2) is 5.12. The summed E-state index contributed by atoms with van der Waals surface area (Å²) in [6.45, 7) is 7.50. The summed E-state index contributed by atoms with van der Waals surface area (Å²) in [5, 5.41) is 16.6. The Labute approximate surface area is 136 Å². The first kappa shape index (κ1) is 16.1. The van der Waals surface area contributed by atoms with Crippen LogP contribution in [0.1, 0.15) is 47.0 Å². The van der Waals surface area contributed by atoms with Gasteiger partial charge in [-0.3, -0.25) is 4.68 Å². The van der Waals surface area contributed by atoms with E-state index >= 15 is 0 Å². The first-order valence-electron chi connectivity index (χ1n) is 7.99. The van der Waals surface area contributed by atoms with Gasteiger partial charge < -0.3 is 19.9 Å². The number of hydrogen-bond donors (Lipinski definition) is 2. The fourth-order valence-corrected chi connectivity index (χ4v) is 3.49. The highest BCUT2D eigenvalue weighted by atomic mass is 16.6. The number of carbonyl (C=O) groups excluding carboxylic acids is 1. The lowest BCUT2D eigenvalue weighted by Gasteiger charge is -2.69. The lowest BCUT2D eigenvalue weighted by molar-refractivity contribution is -0.143. The fourth-order valence-electron chi connectivity index (χ4n) is 3.49. The predicted octanol–water partition coefficient (Wildman–Crippen LogP) is 1.80. The van der Waals surface area contributed by atoms with Crippen LogP contribution in [0.5, 0.6) is 5.75 Å². The smallest absolute Gasteiger partial charge is 0.408 e. The summed E-state index contributed by atoms with van der Waals surface area (Å²) in [4.78, 5) is 11.9. The zero-order chi connectivity index (χ0) is 16.9. The van der Waals surface area contributed by atoms with Crippen LogP contribution in [0.25, 0.3) is 0 Å². The molecule has 3 fully saturated rings. The quantitative estimate of drug-likeness (QED) is 0.863. The zero-order valence-electron chi connectivity index (χ0n) is 14.1. The van der Waals surface area contributed by atoms with E-state index in [4.69, 9.17) is 9.47 Å². The maximum absolute atomic E-state index is 11.9. The molecule has 0 radical (unpaired) electrons. The average molecular weight is 323 g/mol. The van der Waals surface area contributed by atoms with E-state index < -0.39 is 11.7 Å². The van der Waals surface area contributed by atoms with Crippen LogP contribution in [-0.4, -0.2) is 44.8 Å². The number of aliphatic hydroxyl groups excluding tert-OH is 1. The lowest BCUT2D eigenvalue weighted by Crippen LogP contribution is -2.79. The molecule has 0 spiro atoms. The first-order chi connectivity index (χ1) is 10.6. The Kier molecular flexibility index (Phi) is 3.59. The summed E-state index contributed by atoms with van der Waals surface area (Å²) in [6.07, 6.45) is 5.24. The Bertz CT molecular complexity index is 583. The molecule has 1 heterocycles. The van der Waals surface area contributed by atoms with E-state index in [-0.39, 0.29) is 23.8 Å². The highest BCUT2D eigenvalue weighted by Gasteiger charge is 2.70. The first-order valence-corrected chi connectivity index (χ1v) is 7.99. The Morgan fingerprint density at radius 2 is 2.13 bits per heavy atom. The van der Waals surface area contributed by atoms with Gasteiger partial charge in [-0.25, -0.2) is 4.79 Å². The molecule has 7 heteroatoms. The van der Waals surface area contributed by atoms with Crippen molar-refractivity contribution in [3.05, 3.63) is 12.4 Å². The topological polar surface area (TPSA) is 85.6 Å². The standard InChI is InChI=1S/C16H25N3O4/c1-11(20)7-22-12-5-17-19(6-12)16-8-15(9-16,10-16)18-13(21)23-14(2,3)4/h5-6,11,20H,7-10H2,1-4H3,(H,18,21)/t11-,15?,16?/m1/s1. The van der Waals surface area contributed by atoms with Crippen LogP contribution in [0.4, 0.5) is 4.79 Å². The van der Waals surface area contributed by atoms with E-state index in [0.717, 1.165) is 19.3 Å². The van der Waals surface area contributed by atoms with Crippen molar-refractivity contribution >= 4 is 6.09 Å². The second-order valence-corrected chi connectivity index (χ2v) is 7.94. The molecule has 3 saturated carbocycles. The van der Waals surface area contributed by atoms with Gasteiger partial charge in [-0.15, -0.1) is 0 Å². The Morgan fingerprint density at radius 1 is 1.48 bits per heavy atom. The van der Waals surface area contributed by atoms with E-state index in [0.29, 0.717) is 5.75 Å². The maximum Gasteiger partial charge on any atom is 0.408 e. The second-order valence-electron chi connectivity index (χ2n) is 7.94. The van der Waals surface area contributed by atoms with Gasteiger partial charge in [0.05, 0.1) is 29.6 Å². The number of nitrogens with zero attached hydrogens (tertiary/aromatic N) is 2. The summed E-state index contributed by atoms with van der Waals surface area (Å²) in [6, 6.07) is 0. The molecule has 0 unspecified atom stereocenters. The SMILES string of the molecule is C[C@@H](O)COc1cnn(C23CC(NC(=O)OC(C)(C)C)(C2)C3)c1. The summed E-state index contributed by atoms with van der Waals surface area (Å²) >= 11 is 0. The minimum atomic E-state index is -0.505. The van der Waals surface area contributed by atoms with Crippen LogP contribution in [0.3, 0.4) is 0 Å². The summed E-state index contributed by atoms with van der Waals surface area (Å²) < 4.78 is 12.7. The Morgan fingerprint density at radius 3 is 2.70 bits per heavy atom. The average Bonchev–Trinajstić information content (AvgIpc) is 2.75. The maximum atomic E-state index is 11.9. The highest BCUT2D eigenvalue weighted by Crippen LogP contribution is 2.65. The van der Waals surface area contributed by atoms with Crippen LogP contribution >= 0.6 is 0 Å². The molecule has 1 aromatic rings. The monoisotopic (exact) mass is 323 g/mol. The predicted molar refractivity (Wildman–Crippen MR) is 83.3 cm³/mol. The van der Waals surface area contributed by atoms with Crippen molar-refractivity contribution in [2.75, 3.05) is 6.61 Å². The molecular weight excluding hydrogens is 298 g/mol. The van der Waals surface area contributed by atoms with Gasteiger partial charge in [-0.1, -0.05) is 0 Å². The third kappa shape index (κ3) is 3.15. The van der Waals surface area contributed by atoms with Gasteiger partial charge in [0.1, 0.15) is 12.2 Å². The largest absolute Gasteiger partial charge is 0.488 e. The molecule has 2 N–H and O–H groups in total. The van der Waals surface area contributed by atoms with Crippen molar-refractivity contribution in [1.82, 2.24) is 15.1 Å². The summed E-state index contributed by atoms with van der Waals surface area (Å²) in [5.74, 6) is 0.657. The van der Waals surface area contributed by atoms with Gasteiger partial charge in [0.15, 0.2) is 5.75 Å². The van der Waals surface area contributed by atoms with Crippen LogP contribution in [0.15, 0.2) is 12.4 Å². The Hall–Kier alpha value is -1.76. The number of amides is 1. The molecular formula is C16H25N3O4. The summed E-state index contributed by atoms with van der Waals surface area (Å²) in [7, 11) is 0. The molecule has 1 atom stereocenters. The minimum absolute atomic E-state index is 0.0124. The van der Waals surface area contributed by atoms with Gasteiger partial charge >= 0.3 is 6.09 Å². The highest BCUT2D eigenvalue weighted by molar-refractivity contribution is 5.70. The van der Waals surface area contributed by atoms with E-state index in [1.165, 1.54) is 0 Å². The van der Waals surface area contributed by atoms with Gasteiger partial charge in [0.25, 0.3) is 0 Å². The van der Waals surface area contributed by atoms with Crippen molar-refractivity contribution in [1.29, 1.82) is 0 Å². The van der Waals surface area contributed by atoms with Crippen molar-refractivity contribution in [2.45, 2.75) is 69.7 Å². The van der Waals surface area contributed by atoms with Crippen LogP contribution in [0, 0.1) is 0 Å². The molecule has 0 aromatic carbocycles. The number of aromatic nitrogens is 2. The van der Waals surface area contributed by atoms with Crippen LogP contribution in [-0.2, 0) is 10.3 Å². The number of alkyl carbamates (subject to hydrolysis) is 1. The summed E-state index contributed by atoms with van der Waals surface area (Å²) in [5.41, 5.74) is -0.639. The third-order valence-corrected chi connectivity index (χ3v) is 4.30. The number of ether oxygens (including phenoxy) is 2. The van der Waals surface area contributed by atoms with Crippen molar-refractivity contribution in [2.24, 2.45) is 0 Å². The van der Waals surface area contributed by atoms with Crippen molar-refractivity contribution in [3.8, 4) is 5.75 Å². The molecule has 2 bridgehead atoms. The molecule has 3 aliphatic carbocycles. The lowest BCUT2D eigenvalue weighted by atomic mass is 9.44. The van der Waals surface area contributed by atoms with E-state index in [1.54, 1.807) is 13.1 Å². The van der Waals surface area contributed by atoms with Gasteiger partial charge in [0.2, 0.25) is 0 Å². The fraction of sp³-hybridized carbons (Fsp3) is 0.750. The Balaban J connectivity index is 1.52. The van der Waals surface area contributed by atoms with Gasteiger partial charge in [-0.2, -0.15) is 5.10 Å². The number of rotatable bonds is 5. The molecule has 0 aliphatic heterocycles. The van der Waals surface area contributed by atoms with Crippen molar-refractivity contribution in [3.63, 3.8) is 0 Å². The third-order valence-electron chi connectivity index (χ3n) is 4.30. The molecule has 4 rings (SSSR count). The molecule has 23 heavy (non-hydrogen) atoms. The number of aliphatic hydroxyl groups is 1. The molecule has 3 aliphatic rings. The minimum Gasteiger partial charge on any atom is -0.488 e. The molecule has 7 nitrogen and oxygen atoms in total. The van der Waals surface area contributed by atoms with E-state index in [9.17, 15) is 9.90 Å². The number of hydrogen-bond acceptors (Lipinski definition) is 5. The van der Waals surface area contributed by atoms with Gasteiger partial charge in [0, 0.05) is 0 Å². The molecule has 1 amide bonds. The normalized spacial score (nSPS) is 30.0. The van der Waals surface area contributed by atoms with E-state index in [1.807, 2.05) is 31.6 Å². The number of carbonyl (C=O) groups is 1. The number of nitrogens with one attached hydrogen (secondary N) is 1. The van der Waals surface area contributed by atoms with Crippen molar-refractivity contribution < 1.29 is 19.4 Å². The molecule has 0 saturated heterocycles. The van der Waals surface area contributed by atoms with E-state index in [2.05, 4.69) is 10.4 Å². The van der Waals surface area contributed by atoms with Gasteiger partial charge in [-0.05, 0) is 47.0 Å². The molecule has 1 aromatic heterocycles. The van der Waals surface area contributed by atoms with Crippen LogP contribution in [0.2, 0.25) is 0 Å². The molecule has 128 valence electrons.